The van der Waals surface area contributed by atoms with Crippen LogP contribution in [0.25, 0.3) is 5.69 Å². The molecule has 2 rings (SSSR count). The van der Waals surface area contributed by atoms with Crippen molar-refractivity contribution in [3.8, 4) is 11.8 Å². The molecule has 2 aromatic rings. The molecule has 0 atom stereocenters. The van der Waals surface area contributed by atoms with E-state index in [1.807, 2.05) is 30.3 Å². The van der Waals surface area contributed by atoms with Crippen molar-refractivity contribution in [1.82, 2.24) is 15.0 Å². The monoisotopic (exact) mass is 248 g/mol. The van der Waals surface area contributed by atoms with Gasteiger partial charge in [0.1, 0.15) is 6.07 Å². The molecule has 0 radical (unpaired) electrons. The van der Waals surface area contributed by atoms with Gasteiger partial charge in [0.05, 0.1) is 11.9 Å². The molecule has 5 heteroatoms. The first-order valence-electron chi connectivity index (χ1n) is 3.88. The maximum Gasteiger partial charge on any atom is 0.183 e. The summed E-state index contributed by atoms with van der Waals surface area (Å²) in [6.45, 7) is 0. The van der Waals surface area contributed by atoms with E-state index >= 15 is 0 Å². The minimum atomic E-state index is 0.306. The molecule has 1 heterocycles. The predicted octanol–water partition coefficient (Wildman–Crippen LogP) is 1.90. The van der Waals surface area contributed by atoms with Gasteiger partial charge in [0.25, 0.3) is 0 Å². The van der Waals surface area contributed by atoms with Crippen molar-refractivity contribution >= 4 is 15.9 Å². The van der Waals surface area contributed by atoms with Gasteiger partial charge in [0, 0.05) is 4.47 Å². The van der Waals surface area contributed by atoms with E-state index in [4.69, 9.17) is 5.26 Å². The molecule has 0 bridgehead atoms. The lowest BCUT2D eigenvalue weighted by Gasteiger charge is -2.00. The molecule has 0 saturated carbocycles. The second-order valence-corrected chi connectivity index (χ2v) is 3.44. The van der Waals surface area contributed by atoms with Gasteiger partial charge in [-0.25, -0.2) is 0 Å². The molecule has 68 valence electrons. The van der Waals surface area contributed by atoms with Gasteiger partial charge in [0.15, 0.2) is 5.69 Å². The van der Waals surface area contributed by atoms with Gasteiger partial charge in [0.2, 0.25) is 0 Å². The predicted molar refractivity (Wildman–Crippen MR) is 53.8 cm³/mol. The highest BCUT2D eigenvalue weighted by Crippen LogP contribution is 2.18. The lowest BCUT2D eigenvalue weighted by molar-refractivity contribution is 0.746. The Kier molecular flexibility index (Phi) is 2.29. The molecule has 1 aromatic carbocycles. The first-order chi connectivity index (χ1) is 6.81. The van der Waals surface area contributed by atoms with Crippen molar-refractivity contribution in [2.75, 3.05) is 0 Å². The highest BCUT2D eigenvalue weighted by molar-refractivity contribution is 9.10. The molecule has 0 unspecified atom stereocenters. The van der Waals surface area contributed by atoms with Crippen LogP contribution in [-0.2, 0) is 0 Å². The van der Waals surface area contributed by atoms with Crippen molar-refractivity contribution in [3.63, 3.8) is 0 Å². The molecule has 0 spiro atoms. The minimum Gasteiger partial charge on any atom is -0.191 e. The van der Waals surface area contributed by atoms with E-state index in [0.717, 1.165) is 10.2 Å². The molecule has 1 aromatic heterocycles. The summed E-state index contributed by atoms with van der Waals surface area (Å²) in [7, 11) is 0. The smallest absolute Gasteiger partial charge is 0.183 e. The molecule has 0 aliphatic heterocycles. The van der Waals surface area contributed by atoms with Gasteiger partial charge in [-0.3, -0.25) is 0 Å². The fourth-order valence-electron chi connectivity index (χ4n) is 1.04. The lowest BCUT2D eigenvalue weighted by Crippen LogP contribution is -1.99. The molecule has 0 N–H and O–H groups in total. The van der Waals surface area contributed by atoms with E-state index in [2.05, 4.69) is 26.1 Å². The maximum atomic E-state index is 8.59. The Bertz CT molecular complexity index is 498. The number of hydrogen-bond donors (Lipinski definition) is 0. The molecule has 0 aliphatic rings. The van der Waals surface area contributed by atoms with E-state index in [-0.39, 0.29) is 0 Å². The Balaban J connectivity index is 2.51. The van der Waals surface area contributed by atoms with E-state index < -0.39 is 0 Å². The molecule has 0 saturated heterocycles. The quantitative estimate of drug-likeness (QED) is 0.775. The highest BCUT2D eigenvalue weighted by Gasteiger charge is 2.04. The van der Waals surface area contributed by atoms with Crippen LogP contribution in [0.15, 0.2) is 34.9 Å². The van der Waals surface area contributed by atoms with Crippen LogP contribution in [0, 0.1) is 11.3 Å². The van der Waals surface area contributed by atoms with Gasteiger partial charge in [-0.05, 0) is 28.1 Å². The Morgan fingerprint density at radius 1 is 1.36 bits per heavy atom. The average Bonchev–Trinajstić information content (AvgIpc) is 2.67. The molecule has 4 nitrogen and oxygen atoms in total. The molecular formula is C9H5BrN4. The van der Waals surface area contributed by atoms with Crippen LogP contribution in [0.1, 0.15) is 5.69 Å². The number of halogens is 1. The highest BCUT2D eigenvalue weighted by atomic mass is 79.9. The number of nitriles is 1. The molecule has 14 heavy (non-hydrogen) atoms. The fourth-order valence-corrected chi connectivity index (χ4v) is 1.49. The lowest BCUT2D eigenvalue weighted by atomic mass is 10.3. The van der Waals surface area contributed by atoms with Gasteiger partial charge in [-0.15, -0.1) is 9.90 Å². The maximum absolute atomic E-state index is 8.59. The van der Waals surface area contributed by atoms with Crippen LogP contribution in [0.5, 0.6) is 0 Å². The third-order valence-corrected chi connectivity index (χ3v) is 2.34. The number of rotatable bonds is 1. The van der Waals surface area contributed by atoms with Crippen molar-refractivity contribution in [2.24, 2.45) is 0 Å². The van der Waals surface area contributed by atoms with Crippen LogP contribution in [0.3, 0.4) is 0 Å². The number of hydrogen-bond acceptors (Lipinski definition) is 3. The van der Waals surface area contributed by atoms with E-state index in [1.54, 1.807) is 0 Å². The Labute approximate surface area is 88.9 Å². The second kappa shape index (κ2) is 3.60. The Morgan fingerprint density at radius 2 is 2.14 bits per heavy atom. The van der Waals surface area contributed by atoms with Crippen LogP contribution < -0.4 is 0 Å². The standard InChI is InChI=1S/C9H5BrN4/c10-8-3-1-2-4-9(8)14-12-6-7(5-11)13-14/h1-4,6H. The van der Waals surface area contributed by atoms with E-state index in [9.17, 15) is 0 Å². The summed E-state index contributed by atoms with van der Waals surface area (Å²) < 4.78 is 0.889. The third kappa shape index (κ3) is 1.52. The number of nitrogens with zero attached hydrogens (tertiary/aromatic N) is 4. The molecular weight excluding hydrogens is 244 g/mol. The summed E-state index contributed by atoms with van der Waals surface area (Å²) in [5.41, 5.74) is 1.12. The molecule has 0 amide bonds. The Morgan fingerprint density at radius 3 is 2.79 bits per heavy atom. The van der Waals surface area contributed by atoms with Crippen LogP contribution in [-0.4, -0.2) is 15.0 Å². The summed E-state index contributed by atoms with van der Waals surface area (Å²) >= 11 is 3.38. The van der Waals surface area contributed by atoms with Gasteiger partial charge in [-0.2, -0.15) is 10.4 Å². The van der Waals surface area contributed by atoms with Gasteiger partial charge >= 0.3 is 0 Å². The summed E-state index contributed by atoms with van der Waals surface area (Å²) in [6, 6.07) is 9.48. The number of benzene rings is 1. The van der Waals surface area contributed by atoms with E-state index in [0.29, 0.717) is 5.69 Å². The summed E-state index contributed by atoms with van der Waals surface area (Å²) in [6.07, 6.45) is 1.43. The second-order valence-electron chi connectivity index (χ2n) is 2.58. The first kappa shape index (κ1) is 8.91. The zero-order valence-corrected chi connectivity index (χ0v) is 8.64. The zero-order chi connectivity index (χ0) is 9.97. The van der Waals surface area contributed by atoms with Crippen molar-refractivity contribution in [2.45, 2.75) is 0 Å². The summed E-state index contributed by atoms with van der Waals surface area (Å²) in [5, 5.41) is 16.5. The summed E-state index contributed by atoms with van der Waals surface area (Å²) in [4.78, 5) is 1.42. The first-order valence-corrected chi connectivity index (χ1v) is 4.68. The van der Waals surface area contributed by atoms with Crippen LogP contribution in [0.4, 0.5) is 0 Å². The van der Waals surface area contributed by atoms with Gasteiger partial charge < -0.3 is 0 Å². The largest absolute Gasteiger partial charge is 0.191 e. The minimum absolute atomic E-state index is 0.306. The molecule has 0 aliphatic carbocycles. The fraction of sp³-hybridized carbons (Fsp3) is 0. The third-order valence-electron chi connectivity index (χ3n) is 1.67. The van der Waals surface area contributed by atoms with Crippen molar-refractivity contribution in [3.05, 3.63) is 40.6 Å². The molecule has 0 fully saturated rings. The van der Waals surface area contributed by atoms with E-state index in [1.165, 1.54) is 11.0 Å². The van der Waals surface area contributed by atoms with Crippen LogP contribution >= 0.6 is 15.9 Å². The average molecular weight is 249 g/mol. The zero-order valence-electron chi connectivity index (χ0n) is 7.05. The SMILES string of the molecule is N#Cc1cnn(-c2ccccc2Br)n1. The van der Waals surface area contributed by atoms with Gasteiger partial charge in [-0.1, -0.05) is 12.1 Å². The number of para-hydroxylation sites is 1. The van der Waals surface area contributed by atoms with Crippen molar-refractivity contribution < 1.29 is 0 Å². The Hall–Kier alpha value is -1.67. The topological polar surface area (TPSA) is 54.5 Å². The number of aromatic nitrogens is 3. The van der Waals surface area contributed by atoms with Crippen molar-refractivity contribution in [1.29, 1.82) is 5.26 Å². The normalized spacial score (nSPS) is 9.71. The summed E-state index contributed by atoms with van der Waals surface area (Å²) in [5.74, 6) is 0. The van der Waals surface area contributed by atoms with Crippen LogP contribution in [0.2, 0.25) is 0 Å².